The minimum Gasteiger partial charge on any atom is -0.223 e. The molecule has 1 aliphatic heterocycles. The molecular formula is C14H20ClNO4S2. The summed E-state index contributed by atoms with van der Waals surface area (Å²) in [4.78, 5) is 0.185. The van der Waals surface area contributed by atoms with Crippen LogP contribution in [0.15, 0.2) is 29.2 Å². The minimum atomic E-state index is -3.54. The second-order valence-corrected chi connectivity index (χ2v) is 10.6. The van der Waals surface area contributed by atoms with Crippen LogP contribution in [-0.4, -0.2) is 45.2 Å². The van der Waals surface area contributed by atoms with E-state index in [1.54, 1.807) is 0 Å². The maximum atomic E-state index is 12.6. The van der Waals surface area contributed by atoms with Crippen LogP contribution < -0.4 is 0 Å². The Kier molecular flexibility index (Phi) is 5.21. The first-order valence-electron chi connectivity index (χ1n) is 7.10. The predicted octanol–water partition coefficient (Wildman–Crippen LogP) is 2.17. The molecule has 1 aromatic carbocycles. The summed E-state index contributed by atoms with van der Waals surface area (Å²) in [6.07, 6.45) is 0.322. The second kappa shape index (κ2) is 6.47. The molecule has 0 N–H and O–H groups in total. The number of nitrogens with zero attached hydrogens (tertiary/aromatic N) is 1. The normalized spacial score (nSPS) is 20.6. The van der Waals surface area contributed by atoms with E-state index in [4.69, 9.17) is 11.6 Å². The zero-order chi connectivity index (χ0) is 16.5. The van der Waals surface area contributed by atoms with E-state index < -0.39 is 25.1 Å². The molecule has 1 unspecified atom stereocenters. The van der Waals surface area contributed by atoms with Gasteiger partial charge < -0.3 is 0 Å². The highest BCUT2D eigenvalue weighted by Gasteiger charge is 2.38. The van der Waals surface area contributed by atoms with Gasteiger partial charge in [-0.1, -0.05) is 25.4 Å². The van der Waals surface area contributed by atoms with Gasteiger partial charge in [-0.3, -0.25) is 0 Å². The molecule has 1 atom stereocenters. The van der Waals surface area contributed by atoms with E-state index in [-0.39, 0.29) is 29.7 Å². The third-order valence-corrected chi connectivity index (χ3v) is 8.28. The average molecular weight is 366 g/mol. The van der Waals surface area contributed by atoms with Gasteiger partial charge in [-0.15, -0.1) is 0 Å². The zero-order valence-corrected chi connectivity index (χ0v) is 15.0. The number of sulfone groups is 1. The van der Waals surface area contributed by atoms with Crippen molar-refractivity contribution in [1.29, 1.82) is 0 Å². The van der Waals surface area contributed by atoms with Crippen LogP contribution in [-0.2, 0) is 19.9 Å². The van der Waals surface area contributed by atoms with E-state index >= 15 is 0 Å². The third-order valence-electron chi connectivity index (χ3n) is 3.63. The van der Waals surface area contributed by atoms with E-state index in [2.05, 4.69) is 0 Å². The van der Waals surface area contributed by atoms with Gasteiger partial charge in [-0.05, 0) is 36.6 Å². The summed E-state index contributed by atoms with van der Waals surface area (Å²) in [5.74, 6) is 0.0534. The average Bonchev–Trinajstić information content (AvgIpc) is 2.88. The summed E-state index contributed by atoms with van der Waals surface area (Å²) in [5, 5.41) is -0.234. The zero-order valence-electron chi connectivity index (χ0n) is 12.6. The lowest BCUT2D eigenvalue weighted by Crippen LogP contribution is -2.34. The highest BCUT2D eigenvalue weighted by Crippen LogP contribution is 2.27. The van der Waals surface area contributed by atoms with Crippen LogP contribution in [0.2, 0.25) is 5.02 Å². The van der Waals surface area contributed by atoms with E-state index in [9.17, 15) is 16.8 Å². The van der Waals surface area contributed by atoms with Gasteiger partial charge in [0.2, 0.25) is 10.0 Å². The Morgan fingerprint density at radius 1 is 1.18 bits per heavy atom. The molecule has 0 amide bonds. The van der Waals surface area contributed by atoms with Gasteiger partial charge in [0.1, 0.15) is 0 Å². The Balaban J connectivity index is 2.17. The fourth-order valence-corrected chi connectivity index (χ4v) is 6.30. The number of halogens is 1. The van der Waals surface area contributed by atoms with Crippen molar-refractivity contribution in [1.82, 2.24) is 4.31 Å². The maximum Gasteiger partial charge on any atom is 0.214 e. The Bertz CT molecular complexity index is 727. The van der Waals surface area contributed by atoms with Crippen LogP contribution in [0.25, 0.3) is 0 Å². The summed E-state index contributed by atoms with van der Waals surface area (Å²) in [6, 6.07) is 5.97. The molecule has 8 heteroatoms. The summed E-state index contributed by atoms with van der Waals surface area (Å²) >= 11 is 5.77. The second-order valence-electron chi connectivity index (χ2n) is 5.94. The molecule has 0 radical (unpaired) electrons. The van der Waals surface area contributed by atoms with E-state index in [0.717, 1.165) is 0 Å². The fourth-order valence-electron chi connectivity index (χ4n) is 2.55. The first-order chi connectivity index (χ1) is 10.1. The van der Waals surface area contributed by atoms with E-state index in [0.29, 0.717) is 11.4 Å². The van der Waals surface area contributed by atoms with Gasteiger partial charge in [-0.2, -0.15) is 0 Å². The molecule has 1 fully saturated rings. The van der Waals surface area contributed by atoms with E-state index in [1.165, 1.54) is 28.6 Å². The van der Waals surface area contributed by atoms with Crippen molar-refractivity contribution in [2.24, 2.45) is 5.92 Å². The summed E-state index contributed by atoms with van der Waals surface area (Å²) in [7, 11) is -6.94. The number of benzene rings is 1. The predicted molar refractivity (Wildman–Crippen MR) is 87.2 cm³/mol. The van der Waals surface area contributed by atoms with Gasteiger partial charge in [0.05, 0.1) is 15.9 Å². The maximum absolute atomic E-state index is 12.6. The smallest absolute Gasteiger partial charge is 0.214 e. The quantitative estimate of drug-likeness (QED) is 0.801. The molecule has 0 spiro atoms. The Morgan fingerprint density at radius 2 is 1.77 bits per heavy atom. The van der Waals surface area contributed by atoms with Gasteiger partial charge in [0.25, 0.3) is 0 Å². The Morgan fingerprint density at radius 3 is 2.32 bits per heavy atom. The van der Waals surface area contributed by atoms with Crippen LogP contribution in [0.4, 0.5) is 0 Å². The van der Waals surface area contributed by atoms with Crippen LogP contribution in [0.1, 0.15) is 20.3 Å². The molecule has 0 aliphatic carbocycles. The van der Waals surface area contributed by atoms with Gasteiger partial charge in [0.15, 0.2) is 9.84 Å². The standard InChI is InChI=1S/C14H20ClNO4S2/c1-11(2)10-21(17,18)16-8-7-14(9-16)22(19,20)13-5-3-12(15)4-6-13/h3-6,11,14H,7-10H2,1-2H3. The van der Waals surface area contributed by atoms with E-state index in [1.807, 2.05) is 13.8 Å². The Hall–Kier alpha value is -0.630. The molecule has 124 valence electrons. The minimum absolute atomic E-state index is 0.0110. The monoisotopic (exact) mass is 365 g/mol. The lowest BCUT2D eigenvalue weighted by Gasteiger charge is -2.18. The molecule has 1 aliphatic rings. The molecule has 1 heterocycles. The molecule has 22 heavy (non-hydrogen) atoms. The van der Waals surface area contributed by atoms with Crippen LogP contribution >= 0.6 is 11.6 Å². The number of sulfonamides is 1. The summed E-state index contributed by atoms with van der Waals surface area (Å²) in [5.41, 5.74) is 0. The molecule has 0 saturated carbocycles. The summed E-state index contributed by atoms with van der Waals surface area (Å²) in [6.45, 7) is 3.94. The molecule has 2 rings (SSSR count). The van der Waals surface area contributed by atoms with Crippen LogP contribution in [0, 0.1) is 5.92 Å². The van der Waals surface area contributed by atoms with Gasteiger partial charge in [0, 0.05) is 18.1 Å². The number of hydrogen-bond donors (Lipinski definition) is 0. The lowest BCUT2D eigenvalue weighted by molar-refractivity contribution is 0.469. The molecule has 0 aromatic heterocycles. The van der Waals surface area contributed by atoms with Gasteiger partial charge in [-0.25, -0.2) is 21.1 Å². The molecule has 1 saturated heterocycles. The molecule has 0 bridgehead atoms. The first-order valence-corrected chi connectivity index (χ1v) is 10.6. The first kappa shape index (κ1) is 17.7. The largest absolute Gasteiger partial charge is 0.223 e. The highest BCUT2D eigenvalue weighted by molar-refractivity contribution is 7.92. The molecule has 1 aromatic rings. The van der Waals surface area contributed by atoms with Crippen LogP contribution in [0.5, 0.6) is 0 Å². The summed E-state index contributed by atoms with van der Waals surface area (Å²) < 4.78 is 50.9. The fraction of sp³-hybridized carbons (Fsp3) is 0.571. The van der Waals surface area contributed by atoms with Crippen molar-refractivity contribution in [2.75, 3.05) is 18.8 Å². The third kappa shape index (κ3) is 3.82. The molecule has 5 nitrogen and oxygen atoms in total. The van der Waals surface area contributed by atoms with Crippen molar-refractivity contribution in [3.8, 4) is 0 Å². The van der Waals surface area contributed by atoms with Crippen LogP contribution in [0.3, 0.4) is 0 Å². The lowest BCUT2D eigenvalue weighted by atomic mass is 10.3. The SMILES string of the molecule is CC(C)CS(=O)(=O)N1CCC(S(=O)(=O)c2ccc(Cl)cc2)C1. The van der Waals surface area contributed by atoms with Crippen molar-refractivity contribution >= 4 is 31.5 Å². The number of hydrogen-bond acceptors (Lipinski definition) is 4. The van der Waals surface area contributed by atoms with Crippen molar-refractivity contribution in [3.05, 3.63) is 29.3 Å². The highest BCUT2D eigenvalue weighted by atomic mass is 35.5. The molecular weight excluding hydrogens is 346 g/mol. The topological polar surface area (TPSA) is 71.5 Å². The van der Waals surface area contributed by atoms with Crippen molar-refractivity contribution < 1.29 is 16.8 Å². The Labute approximate surface area is 137 Å². The number of rotatable bonds is 5. The van der Waals surface area contributed by atoms with Crippen molar-refractivity contribution in [3.63, 3.8) is 0 Å². The van der Waals surface area contributed by atoms with Crippen molar-refractivity contribution in [2.45, 2.75) is 30.4 Å². The van der Waals surface area contributed by atoms with Gasteiger partial charge >= 0.3 is 0 Å².